The van der Waals surface area contributed by atoms with Crippen LogP contribution in [-0.4, -0.2) is 72.9 Å². The summed E-state index contributed by atoms with van der Waals surface area (Å²) in [6, 6.07) is -1.46. The molecule has 2 rings (SSSR count). The summed E-state index contributed by atoms with van der Waals surface area (Å²) < 4.78 is 0. The lowest BCUT2D eigenvalue weighted by atomic mass is 10.4. The van der Waals surface area contributed by atoms with Crippen LogP contribution in [0.25, 0.3) is 0 Å². The van der Waals surface area contributed by atoms with Gasteiger partial charge in [-0.05, 0) is 12.8 Å². The van der Waals surface area contributed by atoms with E-state index in [2.05, 4.69) is 20.9 Å². The first kappa shape index (κ1) is 17.8. The molecule has 0 aromatic rings. The summed E-state index contributed by atoms with van der Waals surface area (Å²) in [5.74, 6) is 0.170. The minimum absolute atomic E-state index is 0.0849. The lowest BCUT2D eigenvalue weighted by molar-refractivity contribution is -0.128. The average molecular weight is 338 g/mol. The van der Waals surface area contributed by atoms with E-state index in [9.17, 15) is 19.2 Å². The first-order valence-corrected chi connectivity index (χ1v) is 8.09. The summed E-state index contributed by atoms with van der Waals surface area (Å²) >= 11 is 0. The molecule has 10 heteroatoms. The largest absolute Gasteiger partial charge is 0.359 e. The SMILES string of the molecule is O=C(N=NC(=O)NCCN1CCCC1=O)NCCN1CCCC1=O. The minimum atomic E-state index is -0.730. The van der Waals surface area contributed by atoms with Crippen LogP contribution in [0.5, 0.6) is 0 Å². The first-order valence-electron chi connectivity index (χ1n) is 8.09. The topological polar surface area (TPSA) is 124 Å². The fraction of sp³-hybridized carbons (Fsp3) is 0.714. The molecule has 0 radical (unpaired) electrons. The number of hydrogen-bond donors (Lipinski definition) is 2. The summed E-state index contributed by atoms with van der Waals surface area (Å²) in [6.45, 7) is 2.80. The molecule has 0 bridgehead atoms. The first-order chi connectivity index (χ1) is 11.6. The van der Waals surface area contributed by atoms with E-state index in [1.54, 1.807) is 9.80 Å². The van der Waals surface area contributed by atoms with Crippen LogP contribution in [0.2, 0.25) is 0 Å². The van der Waals surface area contributed by atoms with E-state index in [-0.39, 0.29) is 24.9 Å². The van der Waals surface area contributed by atoms with E-state index in [4.69, 9.17) is 0 Å². The van der Waals surface area contributed by atoms with Gasteiger partial charge in [0.1, 0.15) is 0 Å². The number of hydrogen-bond acceptors (Lipinski definition) is 4. The fourth-order valence-electron chi connectivity index (χ4n) is 2.64. The molecule has 0 atom stereocenters. The summed E-state index contributed by atoms with van der Waals surface area (Å²) in [6.07, 6.45) is 2.79. The zero-order chi connectivity index (χ0) is 17.4. The van der Waals surface area contributed by atoms with E-state index < -0.39 is 12.1 Å². The van der Waals surface area contributed by atoms with Crippen LogP contribution in [0.1, 0.15) is 25.7 Å². The van der Waals surface area contributed by atoms with Crippen molar-refractivity contribution in [2.45, 2.75) is 25.7 Å². The highest BCUT2D eigenvalue weighted by molar-refractivity contribution is 5.80. The number of likely N-dealkylation sites (tertiary alicyclic amines) is 2. The quantitative estimate of drug-likeness (QED) is 0.667. The van der Waals surface area contributed by atoms with Crippen LogP contribution in [0.15, 0.2) is 10.2 Å². The van der Waals surface area contributed by atoms with Gasteiger partial charge in [0.25, 0.3) is 0 Å². The van der Waals surface area contributed by atoms with E-state index in [0.29, 0.717) is 39.0 Å². The third kappa shape index (κ3) is 5.60. The van der Waals surface area contributed by atoms with Crippen molar-refractivity contribution in [1.82, 2.24) is 20.4 Å². The van der Waals surface area contributed by atoms with Gasteiger partial charge < -0.3 is 20.4 Å². The van der Waals surface area contributed by atoms with Gasteiger partial charge in [-0.2, -0.15) is 0 Å². The smallest absolute Gasteiger partial charge is 0.341 e. The van der Waals surface area contributed by atoms with Crippen molar-refractivity contribution in [2.24, 2.45) is 10.2 Å². The number of carbonyl (C=O) groups excluding carboxylic acids is 4. The predicted molar refractivity (Wildman–Crippen MR) is 83.3 cm³/mol. The fourth-order valence-corrected chi connectivity index (χ4v) is 2.64. The molecule has 0 spiro atoms. The summed E-state index contributed by atoms with van der Waals surface area (Å²) in [4.78, 5) is 48.9. The number of nitrogens with zero attached hydrogens (tertiary/aromatic N) is 4. The Morgan fingerprint density at radius 3 is 1.58 bits per heavy atom. The number of nitrogens with one attached hydrogen (secondary N) is 2. The lowest BCUT2D eigenvalue weighted by Gasteiger charge is -2.14. The van der Waals surface area contributed by atoms with Gasteiger partial charge in [0, 0.05) is 52.1 Å². The summed E-state index contributed by atoms with van der Waals surface area (Å²) in [5.41, 5.74) is 0. The van der Waals surface area contributed by atoms with Crippen LogP contribution < -0.4 is 10.6 Å². The van der Waals surface area contributed by atoms with E-state index in [1.807, 2.05) is 0 Å². The minimum Gasteiger partial charge on any atom is -0.341 e. The molecule has 2 aliphatic rings. The molecule has 2 saturated heterocycles. The monoisotopic (exact) mass is 338 g/mol. The lowest BCUT2D eigenvalue weighted by Crippen LogP contribution is -2.35. The maximum absolute atomic E-state index is 11.4. The molecule has 0 aliphatic carbocycles. The zero-order valence-electron chi connectivity index (χ0n) is 13.5. The van der Waals surface area contributed by atoms with Gasteiger partial charge in [0.15, 0.2) is 0 Å². The van der Waals surface area contributed by atoms with Gasteiger partial charge in [-0.25, -0.2) is 9.59 Å². The molecule has 6 amide bonds. The highest BCUT2D eigenvalue weighted by Gasteiger charge is 2.20. The van der Waals surface area contributed by atoms with Gasteiger partial charge in [-0.1, -0.05) is 10.2 Å². The van der Waals surface area contributed by atoms with Crippen LogP contribution in [-0.2, 0) is 9.59 Å². The van der Waals surface area contributed by atoms with Crippen molar-refractivity contribution in [1.29, 1.82) is 0 Å². The van der Waals surface area contributed by atoms with Gasteiger partial charge in [-0.3, -0.25) is 9.59 Å². The van der Waals surface area contributed by atoms with Gasteiger partial charge in [0.2, 0.25) is 11.8 Å². The maximum Gasteiger partial charge on any atom is 0.359 e. The molecule has 132 valence electrons. The Kier molecular flexibility index (Phi) is 6.64. The van der Waals surface area contributed by atoms with E-state index in [0.717, 1.165) is 12.8 Å². The van der Waals surface area contributed by atoms with Crippen LogP contribution in [0.4, 0.5) is 9.59 Å². The molecule has 24 heavy (non-hydrogen) atoms. The molecule has 0 aromatic carbocycles. The average Bonchev–Trinajstić information content (AvgIpc) is 3.14. The Bertz CT molecular complexity index is 489. The number of rotatable bonds is 6. The van der Waals surface area contributed by atoms with Crippen molar-refractivity contribution in [3.8, 4) is 0 Å². The van der Waals surface area contributed by atoms with Crippen molar-refractivity contribution in [3.05, 3.63) is 0 Å². The number of carbonyl (C=O) groups is 4. The molecular formula is C14H22N6O4. The molecule has 0 saturated carbocycles. The number of azo groups is 1. The van der Waals surface area contributed by atoms with Crippen molar-refractivity contribution < 1.29 is 19.2 Å². The van der Waals surface area contributed by atoms with Gasteiger partial charge in [-0.15, -0.1) is 0 Å². The molecule has 10 nitrogen and oxygen atoms in total. The third-order valence-electron chi connectivity index (χ3n) is 3.89. The second kappa shape index (κ2) is 8.94. The molecule has 2 fully saturated rings. The summed E-state index contributed by atoms with van der Waals surface area (Å²) in [5, 5.41) is 11.4. The maximum atomic E-state index is 11.4. The summed E-state index contributed by atoms with van der Waals surface area (Å²) in [7, 11) is 0. The highest BCUT2D eigenvalue weighted by Crippen LogP contribution is 2.08. The molecule has 0 unspecified atom stereocenters. The Hall–Kier alpha value is -2.52. The molecule has 2 heterocycles. The molecule has 2 N–H and O–H groups in total. The highest BCUT2D eigenvalue weighted by atomic mass is 16.2. The Morgan fingerprint density at radius 1 is 0.833 bits per heavy atom. The van der Waals surface area contributed by atoms with Crippen LogP contribution in [0.3, 0.4) is 0 Å². The second-order valence-corrected chi connectivity index (χ2v) is 5.63. The van der Waals surface area contributed by atoms with E-state index in [1.165, 1.54) is 0 Å². The standard InChI is InChI=1S/C14H22N6O4/c21-11-3-1-7-19(11)9-5-15-13(23)17-18-14(24)16-6-10-20-8-2-4-12(20)22/h1-10H2,(H,15,23)(H,16,24). The number of amides is 6. The molecule has 0 aromatic heterocycles. The zero-order valence-corrected chi connectivity index (χ0v) is 13.5. The van der Waals surface area contributed by atoms with Gasteiger partial charge in [0.05, 0.1) is 0 Å². The van der Waals surface area contributed by atoms with Crippen molar-refractivity contribution in [2.75, 3.05) is 39.3 Å². The van der Waals surface area contributed by atoms with Crippen LogP contribution >= 0.6 is 0 Å². The number of urea groups is 2. The third-order valence-corrected chi connectivity index (χ3v) is 3.89. The van der Waals surface area contributed by atoms with Crippen LogP contribution in [0, 0.1) is 0 Å². The Morgan fingerprint density at radius 2 is 1.25 bits per heavy atom. The molecular weight excluding hydrogens is 316 g/mol. The van der Waals surface area contributed by atoms with Crippen molar-refractivity contribution >= 4 is 23.9 Å². The Balaban J connectivity index is 1.55. The second-order valence-electron chi connectivity index (χ2n) is 5.63. The van der Waals surface area contributed by atoms with E-state index >= 15 is 0 Å². The normalized spacial score (nSPS) is 17.8. The predicted octanol–water partition coefficient (Wildman–Crippen LogP) is 0.103. The van der Waals surface area contributed by atoms with Crippen molar-refractivity contribution in [3.63, 3.8) is 0 Å². The van der Waals surface area contributed by atoms with Gasteiger partial charge >= 0.3 is 12.1 Å². The Labute approximate surface area is 139 Å². The molecule has 2 aliphatic heterocycles.